The van der Waals surface area contributed by atoms with Gasteiger partial charge in [-0.15, -0.1) is 38.4 Å². The summed E-state index contributed by atoms with van der Waals surface area (Å²) in [6.45, 7) is 4.54. The molecule has 14 heteroatoms. The minimum Gasteiger partial charge on any atom is -0.427 e. The van der Waals surface area contributed by atoms with Crippen LogP contribution in [0.2, 0.25) is 0 Å². The van der Waals surface area contributed by atoms with Crippen LogP contribution in [-0.4, -0.2) is 77.7 Å². The summed E-state index contributed by atoms with van der Waals surface area (Å²) in [5.74, 6) is -0.716. The van der Waals surface area contributed by atoms with Crippen LogP contribution in [0.15, 0.2) is 28.4 Å². The Morgan fingerprint density at radius 1 is 1.31 bits per heavy atom. The highest BCUT2D eigenvalue weighted by Gasteiger charge is 2.52. The zero-order valence-electron chi connectivity index (χ0n) is 17.5. The van der Waals surface area contributed by atoms with Crippen LogP contribution in [0.1, 0.15) is 20.8 Å². The van der Waals surface area contributed by atoms with Crippen molar-refractivity contribution in [3.8, 4) is 0 Å². The number of hydrogen-bond donors (Lipinski definition) is 1. The van der Waals surface area contributed by atoms with Gasteiger partial charge in [0.2, 0.25) is 12.7 Å². The van der Waals surface area contributed by atoms with Crippen molar-refractivity contribution in [3.05, 3.63) is 23.4 Å². The van der Waals surface area contributed by atoms with Crippen LogP contribution in [0, 0.1) is 5.41 Å². The van der Waals surface area contributed by atoms with Gasteiger partial charge in [0.25, 0.3) is 0 Å². The maximum atomic E-state index is 12.9. The third-order valence-electron chi connectivity index (χ3n) is 4.71. The van der Waals surface area contributed by atoms with Gasteiger partial charge >= 0.3 is 11.9 Å². The second-order valence-electron chi connectivity index (χ2n) is 8.11. The molecule has 0 spiro atoms. The minimum atomic E-state index is -0.739. The molecule has 2 N–H and O–H groups in total. The Morgan fingerprint density at radius 2 is 2.09 bits per heavy atom. The molecule has 2 aliphatic rings. The van der Waals surface area contributed by atoms with E-state index in [1.807, 2.05) is 0 Å². The van der Waals surface area contributed by atoms with Crippen LogP contribution < -0.4 is 5.73 Å². The van der Waals surface area contributed by atoms with Crippen molar-refractivity contribution < 1.29 is 23.9 Å². The molecular formula is C18H21N7O5S2. The van der Waals surface area contributed by atoms with Gasteiger partial charge in [-0.05, 0) is 48.9 Å². The molecule has 0 radical (unpaired) electrons. The quantitative estimate of drug-likeness (QED) is 0.260. The number of nitrogens with two attached hydrogens (primary N) is 1. The number of amides is 1. The molecule has 0 aromatic carbocycles. The van der Waals surface area contributed by atoms with E-state index in [1.54, 1.807) is 32.9 Å². The Morgan fingerprint density at radius 3 is 2.84 bits per heavy atom. The number of β-lactam (4-membered cyclic amide) rings is 1. The summed E-state index contributed by atoms with van der Waals surface area (Å²) < 4.78 is 11.5. The fourth-order valence-corrected chi connectivity index (χ4v) is 5.25. The van der Waals surface area contributed by atoms with E-state index in [9.17, 15) is 14.4 Å². The molecule has 4 heterocycles. The standard InChI is InChI=1S/C18H21N7O5S2/c1-18(2,3)17(28)30-8-29-16(27)13-9(7-32-15-12(19)14(26)24(13)15)6-31-11-5-4-10-20-22-23-25(10)21-11/h4-5,12,15H,6-8,19H2,1-3H3/t12?,15-/m1/s1. The average molecular weight is 480 g/mol. The van der Waals surface area contributed by atoms with Gasteiger partial charge in [-0.2, -0.15) is 0 Å². The Hall–Kier alpha value is -2.71. The molecule has 4 rings (SSSR count). The minimum absolute atomic E-state index is 0.142. The second kappa shape index (κ2) is 8.67. The number of carbonyl (C=O) groups is 3. The number of hydrogen-bond acceptors (Lipinski definition) is 12. The summed E-state index contributed by atoms with van der Waals surface area (Å²) >= 11 is 2.85. The van der Waals surface area contributed by atoms with E-state index < -0.39 is 30.2 Å². The molecule has 1 fully saturated rings. The van der Waals surface area contributed by atoms with E-state index in [2.05, 4.69) is 20.6 Å². The number of thioether (sulfide) groups is 2. The molecule has 2 aliphatic heterocycles. The summed E-state index contributed by atoms with van der Waals surface area (Å²) in [4.78, 5) is 38.5. The van der Waals surface area contributed by atoms with Crippen LogP contribution in [0.3, 0.4) is 0 Å². The smallest absolute Gasteiger partial charge is 0.357 e. The normalized spacial score (nSPS) is 20.8. The molecule has 2 aromatic rings. The molecule has 1 unspecified atom stereocenters. The summed E-state index contributed by atoms with van der Waals surface area (Å²) in [7, 11) is 0. The van der Waals surface area contributed by atoms with Crippen molar-refractivity contribution in [3.63, 3.8) is 0 Å². The predicted octanol–water partition coefficient (Wildman–Crippen LogP) is 0.198. The lowest BCUT2D eigenvalue weighted by atomic mass is 9.98. The first-order chi connectivity index (χ1) is 15.2. The highest BCUT2D eigenvalue weighted by Crippen LogP contribution is 2.41. The number of esters is 2. The number of rotatable bonds is 6. The number of aromatic nitrogens is 5. The van der Waals surface area contributed by atoms with Crippen molar-refractivity contribution in [2.45, 2.75) is 37.2 Å². The fourth-order valence-electron chi connectivity index (χ4n) is 2.97. The van der Waals surface area contributed by atoms with E-state index in [0.717, 1.165) is 0 Å². The van der Waals surface area contributed by atoms with E-state index in [0.29, 0.717) is 27.8 Å². The first-order valence-corrected chi connectivity index (χ1v) is 11.6. The maximum absolute atomic E-state index is 12.9. The Kier molecular flexibility index (Phi) is 6.09. The summed E-state index contributed by atoms with van der Waals surface area (Å²) in [5.41, 5.74) is 6.51. The third kappa shape index (κ3) is 4.29. The van der Waals surface area contributed by atoms with Gasteiger partial charge in [-0.1, -0.05) is 0 Å². The largest absolute Gasteiger partial charge is 0.427 e. The molecule has 1 saturated heterocycles. The van der Waals surface area contributed by atoms with Crippen LogP contribution in [0.4, 0.5) is 0 Å². The molecule has 1 amide bonds. The molecular weight excluding hydrogens is 458 g/mol. The van der Waals surface area contributed by atoms with E-state index in [1.165, 1.54) is 33.1 Å². The molecule has 170 valence electrons. The molecule has 2 atom stereocenters. The zero-order valence-corrected chi connectivity index (χ0v) is 19.2. The zero-order chi connectivity index (χ0) is 23.0. The summed E-state index contributed by atoms with van der Waals surface area (Å²) in [6, 6.07) is 2.83. The van der Waals surface area contributed by atoms with Gasteiger partial charge in [-0.25, -0.2) is 4.79 Å². The predicted molar refractivity (Wildman–Crippen MR) is 114 cm³/mol. The average Bonchev–Trinajstić information content (AvgIpc) is 3.23. The molecule has 2 aromatic heterocycles. The third-order valence-corrected chi connectivity index (χ3v) is 7.08. The molecule has 0 saturated carbocycles. The molecule has 12 nitrogen and oxygen atoms in total. The number of tetrazole rings is 1. The first kappa shape index (κ1) is 22.5. The van der Waals surface area contributed by atoms with Crippen LogP contribution >= 0.6 is 23.5 Å². The Bertz CT molecular complexity index is 1110. The monoisotopic (exact) mass is 479 g/mol. The van der Waals surface area contributed by atoms with Gasteiger partial charge < -0.3 is 15.2 Å². The topological polar surface area (TPSA) is 155 Å². The van der Waals surface area contributed by atoms with Crippen molar-refractivity contribution in [2.75, 3.05) is 18.3 Å². The fraction of sp³-hybridized carbons (Fsp3) is 0.500. The second-order valence-corrected chi connectivity index (χ2v) is 10.2. The van der Waals surface area contributed by atoms with E-state index in [-0.39, 0.29) is 17.0 Å². The molecule has 32 heavy (non-hydrogen) atoms. The number of carbonyl (C=O) groups excluding carboxylic acids is 3. The van der Waals surface area contributed by atoms with Gasteiger partial charge in [0.15, 0.2) is 5.65 Å². The first-order valence-electron chi connectivity index (χ1n) is 9.61. The molecule has 0 bridgehead atoms. The summed E-state index contributed by atoms with van der Waals surface area (Å²) in [6.07, 6.45) is 0. The van der Waals surface area contributed by atoms with Gasteiger partial charge in [-0.3, -0.25) is 14.5 Å². The van der Waals surface area contributed by atoms with Crippen LogP contribution in [0.25, 0.3) is 5.65 Å². The van der Waals surface area contributed by atoms with Crippen molar-refractivity contribution >= 4 is 47.0 Å². The van der Waals surface area contributed by atoms with Gasteiger partial charge in [0.05, 0.1) is 5.41 Å². The maximum Gasteiger partial charge on any atom is 0.357 e. The molecule has 0 aliphatic carbocycles. The number of fused-ring (bicyclic) bond motifs is 2. The lowest BCUT2D eigenvalue weighted by Gasteiger charge is -2.48. The highest BCUT2D eigenvalue weighted by atomic mass is 32.2. The van der Waals surface area contributed by atoms with Gasteiger partial charge in [0, 0.05) is 11.5 Å². The SMILES string of the molecule is CC(C)(C)C(=O)OCOC(=O)C1=C(CSc2ccc3nnnn3n2)CS[C@@H]2C(N)C(=O)N12. The lowest BCUT2D eigenvalue weighted by molar-refractivity contribution is -0.173. The summed E-state index contributed by atoms with van der Waals surface area (Å²) in [5, 5.41) is 15.7. The van der Waals surface area contributed by atoms with Crippen molar-refractivity contribution in [2.24, 2.45) is 11.1 Å². The Labute approximate surface area is 191 Å². The highest BCUT2D eigenvalue weighted by molar-refractivity contribution is 8.01. The van der Waals surface area contributed by atoms with Crippen LogP contribution in [0.5, 0.6) is 0 Å². The van der Waals surface area contributed by atoms with Gasteiger partial charge in [0.1, 0.15) is 22.1 Å². The van der Waals surface area contributed by atoms with E-state index in [4.69, 9.17) is 15.2 Å². The van der Waals surface area contributed by atoms with E-state index >= 15 is 0 Å². The van der Waals surface area contributed by atoms with Crippen LogP contribution in [-0.2, 0) is 23.9 Å². The Balaban J connectivity index is 1.50. The van der Waals surface area contributed by atoms with Crippen molar-refractivity contribution in [1.29, 1.82) is 0 Å². The number of nitrogens with zero attached hydrogens (tertiary/aromatic N) is 6. The lowest BCUT2D eigenvalue weighted by Crippen LogP contribution is -2.68. The number of ether oxygens (including phenoxy) is 2. The van der Waals surface area contributed by atoms with Crippen molar-refractivity contribution in [1.82, 2.24) is 30.2 Å².